The third kappa shape index (κ3) is 1.48. The van der Waals surface area contributed by atoms with E-state index in [1.165, 1.54) is 0 Å². The lowest BCUT2D eigenvalue weighted by Gasteiger charge is -2.00. The van der Waals surface area contributed by atoms with Crippen molar-refractivity contribution in [2.24, 2.45) is 0 Å². The van der Waals surface area contributed by atoms with Gasteiger partial charge in [0.2, 0.25) is 0 Å². The fourth-order valence-electron chi connectivity index (χ4n) is 1.10. The minimum Gasteiger partial charge on any atom is -0.287 e. The van der Waals surface area contributed by atoms with Crippen LogP contribution in [0, 0.1) is 12.3 Å². The zero-order chi connectivity index (χ0) is 8.43. The second kappa shape index (κ2) is 2.86. The molecule has 0 fully saturated rings. The van der Waals surface area contributed by atoms with E-state index < -0.39 is 0 Å². The molecule has 1 aromatic rings. The van der Waals surface area contributed by atoms with Gasteiger partial charge in [-0.3, -0.25) is 5.41 Å². The Morgan fingerprint density at radius 2 is 2.36 bits per heavy atom. The van der Waals surface area contributed by atoms with Gasteiger partial charge in [-0.1, -0.05) is 6.92 Å². The van der Waals surface area contributed by atoms with E-state index in [0.717, 1.165) is 17.8 Å². The first-order valence-electron chi connectivity index (χ1n) is 3.76. The van der Waals surface area contributed by atoms with Crippen molar-refractivity contribution in [3.63, 3.8) is 0 Å². The van der Waals surface area contributed by atoms with Crippen LogP contribution in [0.3, 0.4) is 0 Å². The molecule has 3 nitrogen and oxygen atoms in total. The fourth-order valence-corrected chi connectivity index (χ4v) is 1.10. The maximum absolute atomic E-state index is 7.39. The van der Waals surface area contributed by atoms with E-state index in [0.29, 0.717) is 5.84 Å². The molecule has 0 saturated carbocycles. The summed E-state index contributed by atoms with van der Waals surface area (Å²) in [6.45, 7) is 5.75. The second-order valence-corrected chi connectivity index (χ2v) is 2.63. The Morgan fingerprint density at radius 1 is 1.73 bits per heavy atom. The molecule has 1 aromatic heterocycles. The summed E-state index contributed by atoms with van der Waals surface area (Å²) in [6, 6.07) is 2.01. The summed E-state index contributed by atoms with van der Waals surface area (Å²) in [4.78, 5) is 0. The molecular formula is C8H13N3. The van der Waals surface area contributed by atoms with Gasteiger partial charge in [0.1, 0.15) is 5.84 Å². The van der Waals surface area contributed by atoms with Crippen LogP contribution >= 0.6 is 0 Å². The molecule has 0 aromatic carbocycles. The largest absolute Gasteiger partial charge is 0.287 e. The first-order chi connectivity index (χ1) is 5.15. The molecular weight excluding hydrogens is 138 g/mol. The summed E-state index contributed by atoms with van der Waals surface area (Å²) in [5, 5.41) is 11.6. The van der Waals surface area contributed by atoms with E-state index in [4.69, 9.17) is 5.41 Å². The maximum Gasteiger partial charge on any atom is 0.119 e. The average molecular weight is 151 g/mol. The summed E-state index contributed by atoms with van der Waals surface area (Å²) in [6.07, 6.45) is 0.928. The highest BCUT2D eigenvalue weighted by molar-refractivity contribution is 5.78. The number of nitrogens with zero attached hydrogens (tertiary/aromatic N) is 2. The van der Waals surface area contributed by atoms with Gasteiger partial charge in [0, 0.05) is 5.69 Å². The van der Waals surface area contributed by atoms with Crippen LogP contribution in [-0.2, 0) is 6.42 Å². The minimum atomic E-state index is 0.481. The van der Waals surface area contributed by atoms with E-state index in [1.807, 2.05) is 13.0 Å². The first kappa shape index (κ1) is 7.98. The molecule has 3 heteroatoms. The molecule has 1 rings (SSSR count). The van der Waals surface area contributed by atoms with Crippen molar-refractivity contribution in [3.8, 4) is 0 Å². The van der Waals surface area contributed by atoms with Gasteiger partial charge in [-0.05, 0) is 26.3 Å². The lowest BCUT2D eigenvalue weighted by Crippen LogP contribution is -2.10. The van der Waals surface area contributed by atoms with E-state index in [2.05, 4.69) is 12.0 Å². The number of nitrogens with one attached hydrogen (secondary N) is 1. The normalized spacial score (nSPS) is 10.1. The summed E-state index contributed by atoms with van der Waals surface area (Å²) < 4.78 is 1.68. The SMILES string of the molecule is CCc1cc(C)nn1C(C)=N. The lowest BCUT2D eigenvalue weighted by molar-refractivity contribution is 0.836. The molecule has 0 unspecified atom stereocenters. The standard InChI is InChI=1S/C8H13N3/c1-4-8-5-6(2)10-11(8)7(3)9/h5,9H,4H2,1-3H3. The predicted molar refractivity (Wildman–Crippen MR) is 45.1 cm³/mol. The highest BCUT2D eigenvalue weighted by Crippen LogP contribution is 2.03. The Hall–Kier alpha value is -1.12. The number of aryl methyl sites for hydroxylation is 2. The van der Waals surface area contributed by atoms with E-state index in [9.17, 15) is 0 Å². The van der Waals surface area contributed by atoms with Gasteiger partial charge in [0.05, 0.1) is 5.69 Å². The molecule has 11 heavy (non-hydrogen) atoms. The Morgan fingerprint density at radius 3 is 2.73 bits per heavy atom. The smallest absolute Gasteiger partial charge is 0.119 e. The molecule has 0 bridgehead atoms. The van der Waals surface area contributed by atoms with Crippen molar-refractivity contribution in [1.29, 1.82) is 5.41 Å². The Bertz CT molecular complexity index is 273. The number of aromatic nitrogens is 2. The summed E-state index contributed by atoms with van der Waals surface area (Å²) >= 11 is 0. The zero-order valence-electron chi connectivity index (χ0n) is 7.18. The molecule has 0 aliphatic heterocycles. The van der Waals surface area contributed by atoms with Crippen LogP contribution in [0.4, 0.5) is 0 Å². The fraction of sp³-hybridized carbons (Fsp3) is 0.500. The van der Waals surface area contributed by atoms with Crippen molar-refractivity contribution in [2.45, 2.75) is 27.2 Å². The van der Waals surface area contributed by atoms with Crippen LogP contribution in [0.1, 0.15) is 25.2 Å². The summed E-state index contributed by atoms with van der Waals surface area (Å²) in [5.74, 6) is 0.481. The average Bonchev–Trinajstić information content (AvgIpc) is 2.30. The molecule has 1 heterocycles. The molecule has 0 aliphatic carbocycles. The molecule has 0 saturated heterocycles. The van der Waals surface area contributed by atoms with Gasteiger partial charge in [-0.2, -0.15) is 5.10 Å². The van der Waals surface area contributed by atoms with Crippen molar-refractivity contribution in [3.05, 3.63) is 17.5 Å². The van der Waals surface area contributed by atoms with Gasteiger partial charge in [-0.25, -0.2) is 4.68 Å². The third-order valence-electron chi connectivity index (χ3n) is 1.59. The summed E-state index contributed by atoms with van der Waals surface area (Å²) in [7, 11) is 0. The Kier molecular flexibility index (Phi) is 2.08. The Balaban J connectivity index is 3.12. The lowest BCUT2D eigenvalue weighted by atomic mass is 10.3. The summed E-state index contributed by atoms with van der Waals surface area (Å²) in [5.41, 5.74) is 2.09. The van der Waals surface area contributed by atoms with E-state index >= 15 is 0 Å². The second-order valence-electron chi connectivity index (χ2n) is 2.63. The van der Waals surface area contributed by atoms with Crippen LogP contribution in [0.5, 0.6) is 0 Å². The third-order valence-corrected chi connectivity index (χ3v) is 1.59. The molecule has 0 radical (unpaired) electrons. The van der Waals surface area contributed by atoms with Gasteiger partial charge in [0.15, 0.2) is 0 Å². The highest BCUT2D eigenvalue weighted by atomic mass is 15.3. The quantitative estimate of drug-likeness (QED) is 0.480. The molecule has 0 amide bonds. The first-order valence-corrected chi connectivity index (χ1v) is 3.76. The van der Waals surface area contributed by atoms with Crippen LogP contribution in [-0.4, -0.2) is 15.6 Å². The van der Waals surface area contributed by atoms with Gasteiger partial charge in [0.25, 0.3) is 0 Å². The number of hydrogen-bond donors (Lipinski definition) is 1. The number of rotatable bonds is 1. The Labute approximate surface area is 66.5 Å². The monoisotopic (exact) mass is 151 g/mol. The van der Waals surface area contributed by atoms with Crippen molar-refractivity contribution in [1.82, 2.24) is 9.78 Å². The van der Waals surface area contributed by atoms with Gasteiger partial charge >= 0.3 is 0 Å². The topological polar surface area (TPSA) is 41.7 Å². The van der Waals surface area contributed by atoms with Gasteiger partial charge in [-0.15, -0.1) is 0 Å². The maximum atomic E-state index is 7.39. The highest BCUT2D eigenvalue weighted by Gasteiger charge is 2.03. The minimum absolute atomic E-state index is 0.481. The molecule has 0 atom stereocenters. The van der Waals surface area contributed by atoms with Crippen LogP contribution in [0.15, 0.2) is 6.07 Å². The van der Waals surface area contributed by atoms with Crippen LogP contribution < -0.4 is 0 Å². The van der Waals surface area contributed by atoms with Crippen LogP contribution in [0.2, 0.25) is 0 Å². The van der Waals surface area contributed by atoms with E-state index in [1.54, 1.807) is 11.6 Å². The predicted octanol–water partition coefficient (Wildman–Crippen LogP) is 1.60. The molecule has 0 spiro atoms. The zero-order valence-corrected chi connectivity index (χ0v) is 7.18. The molecule has 60 valence electrons. The number of hydrogen-bond acceptors (Lipinski definition) is 2. The van der Waals surface area contributed by atoms with Crippen molar-refractivity contribution < 1.29 is 0 Å². The van der Waals surface area contributed by atoms with Crippen LogP contribution in [0.25, 0.3) is 0 Å². The molecule has 0 aliphatic rings. The van der Waals surface area contributed by atoms with Gasteiger partial charge < -0.3 is 0 Å². The van der Waals surface area contributed by atoms with Crippen molar-refractivity contribution >= 4 is 5.84 Å². The van der Waals surface area contributed by atoms with E-state index in [-0.39, 0.29) is 0 Å². The molecule has 1 N–H and O–H groups in total. The van der Waals surface area contributed by atoms with Crippen molar-refractivity contribution in [2.75, 3.05) is 0 Å².